The summed E-state index contributed by atoms with van der Waals surface area (Å²) in [5, 5.41) is 2.70. The van der Waals surface area contributed by atoms with E-state index in [0.717, 1.165) is 6.42 Å². The second-order valence-corrected chi connectivity index (χ2v) is 11.9. The minimum atomic E-state index is -0.100. The van der Waals surface area contributed by atoms with Crippen molar-refractivity contribution >= 4 is 19.6 Å². The van der Waals surface area contributed by atoms with Gasteiger partial charge in [0.05, 0.1) is 17.7 Å². The number of aryl methyl sites for hydroxylation is 3. The Kier molecular flexibility index (Phi) is 7.00. The van der Waals surface area contributed by atoms with Crippen molar-refractivity contribution in [3.05, 3.63) is 63.6 Å². The molecule has 2 heteroatoms. The monoisotopic (exact) mass is 405 g/mol. The molecule has 0 bridgehead atoms. The van der Waals surface area contributed by atoms with Crippen molar-refractivity contribution in [2.45, 2.75) is 88.1 Å². The third-order valence-corrected chi connectivity index (χ3v) is 6.85. The van der Waals surface area contributed by atoms with E-state index in [2.05, 4.69) is 100 Å². The van der Waals surface area contributed by atoms with Crippen molar-refractivity contribution in [2.75, 3.05) is 0 Å². The lowest BCUT2D eigenvalue weighted by Crippen LogP contribution is -2.29. The van der Waals surface area contributed by atoms with Crippen molar-refractivity contribution in [3.63, 3.8) is 0 Å². The average molecular weight is 406 g/mol. The number of allylic oxidation sites excluding steroid dienone is 4. The van der Waals surface area contributed by atoms with Crippen LogP contribution in [-0.4, -0.2) is 25.2 Å². The molecule has 156 valence electrons. The van der Waals surface area contributed by atoms with Crippen LogP contribution in [0.4, 0.5) is 0 Å². The maximum atomic E-state index is 5.44. The minimum absolute atomic E-state index is 0.100. The molecule has 0 fully saturated rings. The lowest BCUT2D eigenvalue weighted by molar-refractivity contribution is 0.289. The molecule has 1 aromatic rings. The van der Waals surface area contributed by atoms with Gasteiger partial charge in [-0.15, -0.1) is 10.5 Å². The molecule has 0 spiro atoms. The summed E-state index contributed by atoms with van der Waals surface area (Å²) < 4.78 is 0. The van der Waals surface area contributed by atoms with Crippen LogP contribution < -0.4 is 0 Å². The molecule has 0 saturated carbocycles. The van der Waals surface area contributed by atoms with Gasteiger partial charge in [0.25, 0.3) is 0 Å². The van der Waals surface area contributed by atoms with E-state index in [1.165, 1.54) is 49.8 Å². The Bertz CT molecular complexity index is 856. The molecule has 1 aromatic carbocycles. The average Bonchev–Trinajstić information content (AvgIpc) is 2.46. The first kappa shape index (κ1) is 23.6. The standard InChI is InChI=1S/C27H39NSi/c1-17-12-19(3)23(20(4)13-17)25(28-27(10,11)16-26(7,8)9)29-24-21(5)14-18(2)15-22(24)6/h12-15H,16H2,1-11H3. The Hall–Kier alpha value is -1.67. The molecule has 0 heterocycles. The number of rotatable bonds is 4. The van der Waals surface area contributed by atoms with Gasteiger partial charge in [-0.25, -0.2) is 0 Å². The molecule has 0 amide bonds. The highest BCUT2D eigenvalue weighted by Crippen LogP contribution is 2.31. The smallest absolute Gasteiger partial charge is 0.0523 e. The van der Waals surface area contributed by atoms with Crippen molar-refractivity contribution in [1.29, 1.82) is 0 Å². The van der Waals surface area contributed by atoms with Crippen LogP contribution >= 0.6 is 0 Å². The van der Waals surface area contributed by atoms with Crippen LogP contribution in [0, 0.1) is 32.1 Å². The Labute approximate surface area is 181 Å². The van der Waals surface area contributed by atoms with E-state index in [1.54, 1.807) is 0 Å². The summed E-state index contributed by atoms with van der Waals surface area (Å²) >= 11 is 0. The predicted octanol–water partition coefficient (Wildman–Crippen LogP) is 6.95. The Balaban J connectivity index is 2.71. The molecule has 1 aliphatic carbocycles. The lowest BCUT2D eigenvalue weighted by Gasteiger charge is -2.33. The van der Waals surface area contributed by atoms with Gasteiger partial charge in [0, 0.05) is 37.8 Å². The summed E-state index contributed by atoms with van der Waals surface area (Å²) in [6, 6.07) is 4.60. The van der Waals surface area contributed by atoms with E-state index in [9.17, 15) is 0 Å². The van der Waals surface area contributed by atoms with Gasteiger partial charge < -0.3 is 14.1 Å². The molecule has 0 aliphatic heterocycles. The molecule has 2 rings (SSSR count). The van der Waals surface area contributed by atoms with Crippen LogP contribution in [0.15, 0.2) is 40.4 Å². The molecule has 0 aromatic heterocycles. The summed E-state index contributed by atoms with van der Waals surface area (Å²) in [6.07, 6.45) is 5.67. The summed E-state index contributed by atoms with van der Waals surface area (Å²) in [5.41, 5.74) is 8.24. The molecule has 0 atom stereocenters. The second-order valence-electron chi connectivity index (χ2n) is 10.7. The molecule has 0 radical (unpaired) electrons. The first-order chi connectivity index (χ1) is 13.2. The number of aliphatic imine (C=N–C) groups is 1. The number of hydrogen-bond donors (Lipinski definition) is 0. The zero-order chi connectivity index (χ0) is 22.1. The Morgan fingerprint density at radius 2 is 1.38 bits per heavy atom. The zero-order valence-electron chi connectivity index (χ0n) is 20.5. The third kappa shape index (κ3) is 6.40. The largest absolute Gasteiger partial charge is 0.335 e. The van der Waals surface area contributed by atoms with Gasteiger partial charge in [-0.3, -0.25) is 0 Å². The fourth-order valence-electron chi connectivity index (χ4n) is 4.84. The first-order valence-corrected chi connectivity index (χ1v) is 11.7. The van der Waals surface area contributed by atoms with Gasteiger partial charge in [0.1, 0.15) is 0 Å². The summed E-state index contributed by atoms with van der Waals surface area (Å²) in [5.74, 6) is 1.34. The van der Waals surface area contributed by atoms with Gasteiger partial charge in [-0.1, -0.05) is 38.5 Å². The maximum absolute atomic E-state index is 5.44. The molecule has 1 aliphatic rings. The molecular weight excluding hydrogens is 366 g/mol. The van der Waals surface area contributed by atoms with Crippen LogP contribution in [0.2, 0.25) is 0 Å². The van der Waals surface area contributed by atoms with Crippen LogP contribution in [0.1, 0.15) is 84.1 Å². The van der Waals surface area contributed by atoms with E-state index in [-0.39, 0.29) is 11.0 Å². The van der Waals surface area contributed by atoms with Crippen LogP contribution in [0.25, 0.3) is 0 Å². The van der Waals surface area contributed by atoms with Crippen LogP contribution in [-0.2, 0) is 0 Å². The quantitative estimate of drug-likeness (QED) is 0.292. The Morgan fingerprint density at radius 3 is 1.83 bits per heavy atom. The molecule has 0 N–H and O–H groups in total. The second kappa shape index (κ2) is 8.59. The molecule has 0 unspecified atom stereocenters. The molecule has 0 saturated heterocycles. The van der Waals surface area contributed by atoms with Crippen LogP contribution in [0.5, 0.6) is 0 Å². The van der Waals surface area contributed by atoms with Crippen LogP contribution in [0.3, 0.4) is 0 Å². The van der Waals surface area contributed by atoms with Gasteiger partial charge in [-0.2, -0.15) is 0 Å². The van der Waals surface area contributed by atoms with Gasteiger partial charge >= 0.3 is 0 Å². The predicted molar refractivity (Wildman–Crippen MR) is 133 cm³/mol. The minimum Gasteiger partial charge on any atom is -0.335 e. The number of nitrogens with zero attached hydrogens (tertiary/aromatic N) is 1. The fourth-order valence-corrected chi connectivity index (χ4v) is 6.49. The Morgan fingerprint density at radius 1 is 0.897 bits per heavy atom. The van der Waals surface area contributed by atoms with Gasteiger partial charge in [-0.05, 0) is 63.1 Å². The maximum Gasteiger partial charge on any atom is 0.0523 e. The molecule has 1 nitrogen and oxygen atoms in total. The summed E-state index contributed by atoms with van der Waals surface area (Å²) in [6.45, 7) is 24.8. The van der Waals surface area contributed by atoms with E-state index >= 15 is 0 Å². The SMILES string of the molecule is CC1=C[C+](C)C=C(C)C1=[Si-]C(=NC(C)(C)CC(C)(C)C)c1c(C)cc(C)cc1C. The van der Waals surface area contributed by atoms with E-state index in [4.69, 9.17) is 4.99 Å². The van der Waals surface area contributed by atoms with E-state index in [1.807, 2.05) is 0 Å². The highest BCUT2D eigenvalue weighted by Gasteiger charge is 2.24. The number of benzene rings is 1. The molecule has 29 heavy (non-hydrogen) atoms. The third-order valence-electron chi connectivity index (χ3n) is 5.21. The topological polar surface area (TPSA) is 12.4 Å². The fraction of sp³-hybridized carbons (Fsp3) is 0.519. The van der Waals surface area contributed by atoms with Crippen molar-refractivity contribution in [2.24, 2.45) is 10.4 Å². The van der Waals surface area contributed by atoms with Gasteiger partial charge in [0.2, 0.25) is 0 Å². The van der Waals surface area contributed by atoms with Crippen molar-refractivity contribution in [1.82, 2.24) is 0 Å². The van der Waals surface area contributed by atoms with Gasteiger partial charge in [0.15, 0.2) is 0 Å². The van der Waals surface area contributed by atoms with Crippen molar-refractivity contribution in [3.8, 4) is 0 Å². The summed E-state index contributed by atoms with van der Waals surface area (Å²) in [7, 11) is 0.567. The normalized spacial score (nSPS) is 16.0. The van der Waals surface area contributed by atoms with E-state index in [0.29, 0.717) is 9.13 Å². The zero-order valence-corrected chi connectivity index (χ0v) is 21.5. The first-order valence-electron chi connectivity index (χ1n) is 10.7. The molecular formula is C27H39NSi. The highest BCUT2D eigenvalue weighted by atomic mass is 28.2. The summed E-state index contributed by atoms with van der Waals surface area (Å²) in [4.78, 5) is 5.44. The lowest BCUT2D eigenvalue weighted by atomic mass is 9.82. The van der Waals surface area contributed by atoms with Crippen molar-refractivity contribution < 1.29 is 0 Å². The number of hydrogen-bond acceptors (Lipinski definition) is 1. The van der Waals surface area contributed by atoms with E-state index < -0.39 is 0 Å². The highest BCUT2D eigenvalue weighted by molar-refractivity contribution is 6.88.